The number of carbonyl (C=O) groups excluding carboxylic acids is 2. The third-order valence-corrected chi connectivity index (χ3v) is 3.76. The molecule has 0 saturated carbocycles. The highest BCUT2D eigenvalue weighted by Gasteiger charge is 2.22. The Labute approximate surface area is 137 Å². The van der Waals surface area contributed by atoms with Crippen molar-refractivity contribution < 1.29 is 19.1 Å². The molecule has 126 valence electrons. The van der Waals surface area contributed by atoms with Gasteiger partial charge in [0.25, 0.3) is 0 Å². The maximum atomic E-state index is 11.2. The van der Waals surface area contributed by atoms with Crippen LogP contribution in [0.2, 0.25) is 0 Å². The van der Waals surface area contributed by atoms with Crippen molar-refractivity contribution in [1.29, 1.82) is 0 Å². The summed E-state index contributed by atoms with van der Waals surface area (Å²) in [5.41, 5.74) is 1.23. The van der Waals surface area contributed by atoms with Gasteiger partial charge in [-0.15, -0.1) is 0 Å². The first-order valence-electron chi connectivity index (χ1n) is 7.87. The molecule has 1 fully saturated rings. The van der Waals surface area contributed by atoms with Crippen molar-refractivity contribution in [3.63, 3.8) is 0 Å². The zero-order valence-corrected chi connectivity index (χ0v) is 13.7. The van der Waals surface area contributed by atoms with Crippen LogP contribution in [-0.4, -0.2) is 62.3 Å². The molecule has 1 saturated heterocycles. The molecule has 1 atom stereocenters. The Balaban J connectivity index is 1.82. The van der Waals surface area contributed by atoms with E-state index in [1.807, 2.05) is 18.2 Å². The van der Waals surface area contributed by atoms with Gasteiger partial charge < -0.3 is 14.4 Å². The summed E-state index contributed by atoms with van der Waals surface area (Å²) >= 11 is 0. The summed E-state index contributed by atoms with van der Waals surface area (Å²) in [6.45, 7) is 7.01. The molecular formula is C17H24N2O4. The topological polar surface area (TPSA) is 59.1 Å². The van der Waals surface area contributed by atoms with E-state index in [2.05, 4.69) is 21.9 Å². The Morgan fingerprint density at radius 2 is 1.70 bits per heavy atom. The molecule has 23 heavy (non-hydrogen) atoms. The Bertz CT molecular complexity index is 513. The second kappa shape index (κ2) is 8.53. The monoisotopic (exact) mass is 320 g/mol. The van der Waals surface area contributed by atoms with Crippen LogP contribution in [0.25, 0.3) is 0 Å². The van der Waals surface area contributed by atoms with E-state index in [-0.39, 0.29) is 18.5 Å². The fourth-order valence-corrected chi connectivity index (χ4v) is 2.68. The van der Waals surface area contributed by atoms with Crippen molar-refractivity contribution in [3.05, 3.63) is 30.3 Å². The summed E-state index contributed by atoms with van der Waals surface area (Å²) in [5, 5.41) is 0. The largest absolute Gasteiger partial charge is 0.462 e. The molecule has 1 aliphatic heterocycles. The molecule has 1 aromatic carbocycles. The molecule has 0 aliphatic carbocycles. The summed E-state index contributed by atoms with van der Waals surface area (Å²) in [6, 6.07) is 10.3. The molecule has 0 spiro atoms. The minimum atomic E-state index is -0.417. The van der Waals surface area contributed by atoms with E-state index in [0.717, 1.165) is 26.2 Å². The highest BCUT2D eigenvalue weighted by atomic mass is 16.6. The third-order valence-electron chi connectivity index (χ3n) is 3.76. The van der Waals surface area contributed by atoms with Crippen molar-refractivity contribution in [2.24, 2.45) is 0 Å². The standard InChI is InChI=1S/C17H24N2O4/c1-14(20)22-13-17(23-15(2)21)12-18-8-10-19(11-9-18)16-6-4-3-5-7-16/h3-7,17H,8-13H2,1-2H3. The molecule has 1 aromatic rings. The van der Waals surface area contributed by atoms with Gasteiger partial charge in [-0.2, -0.15) is 0 Å². The average molecular weight is 320 g/mol. The Morgan fingerprint density at radius 3 is 2.26 bits per heavy atom. The maximum absolute atomic E-state index is 11.2. The summed E-state index contributed by atoms with van der Waals surface area (Å²) < 4.78 is 10.2. The lowest BCUT2D eigenvalue weighted by molar-refractivity contribution is -0.157. The van der Waals surface area contributed by atoms with E-state index in [0.29, 0.717) is 6.54 Å². The predicted molar refractivity (Wildman–Crippen MR) is 87.3 cm³/mol. The first kappa shape index (κ1) is 17.3. The van der Waals surface area contributed by atoms with Gasteiger partial charge in [0.2, 0.25) is 0 Å². The van der Waals surface area contributed by atoms with Gasteiger partial charge in [0.1, 0.15) is 12.7 Å². The van der Waals surface area contributed by atoms with Crippen LogP contribution in [0.4, 0.5) is 5.69 Å². The van der Waals surface area contributed by atoms with Crippen molar-refractivity contribution in [2.75, 3.05) is 44.2 Å². The van der Waals surface area contributed by atoms with Gasteiger partial charge >= 0.3 is 11.9 Å². The van der Waals surface area contributed by atoms with Crippen molar-refractivity contribution in [3.8, 4) is 0 Å². The molecule has 0 N–H and O–H groups in total. The van der Waals surface area contributed by atoms with Crippen molar-refractivity contribution >= 4 is 17.6 Å². The Kier molecular flexibility index (Phi) is 6.40. The molecular weight excluding hydrogens is 296 g/mol. The third kappa shape index (κ3) is 5.90. The van der Waals surface area contributed by atoms with E-state index >= 15 is 0 Å². The van der Waals surface area contributed by atoms with Gasteiger partial charge in [0.05, 0.1) is 0 Å². The molecule has 6 nitrogen and oxygen atoms in total. The minimum Gasteiger partial charge on any atom is -0.462 e. The van der Waals surface area contributed by atoms with Crippen LogP contribution in [0.5, 0.6) is 0 Å². The van der Waals surface area contributed by atoms with E-state index in [1.54, 1.807) is 0 Å². The molecule has 0 amide bonds. The smallest absolute Gasteiger partial charge is 0.303 e. The molecule has 0 bridgehead atoms. The number of hydrogen-bond donors (Lipinski definition) is 0. The first-order valence-corrected chi connectivity index (χ1v) is 7.87. The maximum Gasteiger partial charge on any atom is 0.303 e. The lowest BCUT2D eigenvalue weighted by atomic mass is 10.2. The van der Waals surface area contributed by atoms with Gasteiger partial charge in [-0.25, -0.2) is 0 Å². The number of nitrogens with zero attached hydrogens (tertiary/aromatic N) is 2. The van der Waals surface area contributed by atoms with Gasteiger partial charge in [-0.3, -0.25) is 14.5 Å². The quantitative estimate of drug-likeness (QED) is 0.737. The Hall–Kier alpha value is -2.08. The molecule has 6 heteroatoms. The predicted octanol–water partition coefficient (Wildman–Crippen LogP) is 1.30. The van der Waals surface area contributed by atoms with Crippen LogP contribution in [-0.2, 0) is 19.1 Å². The molecule has 1 heterocycles. The van der Waals surface area contributed by atoms with Gasteiger partial charge in [0, 0.05) is 52.3 Å². The number of anilines is 1. The average Bonchev–Trinajstić information content (AvgIpc) is 2.53. The number of carbonyl (C=O) groups is 2. The van der Waals surface area contributed by atoms with E-state index in [9.17, 15) is 9.59 Å². The van der Waals surface area contributed by atoms with Crippen LogP contribution in [0.3, 0.4) is 0 Å². The van der Waals surface area contributed by atoms with Crippen LogP contribution in [0.15, 0.2) is 30.3 Å². The van der Waals surface area contributed by atoms with Gasteiger partial charge in [-0.05, 0) is 12.1 Å². The zero-order chi connectivity index (χ0) is 16.7. The van der Waals surface area contributed by atoms with Crippen LogP contribution in [0.1, 0.15) is 13.8 Å². The van der Waals surface area contributed by atoms with Crippen LogP contribution >= 0.6 is 0 Å². The fraction of sp³-hybridized carbons (Fsp3) is 0.529. The lowest BCUT2D eigenvalue weighted by Crippen LogP contribution is -2.49. The number of esters is 2. The number of ether oxygens (including phenoxy) is 2. The van der Waals surface area contributed by atoms with Crippen LogP contribution < -0.4 is 4.90 Å². The second-order valence-electron chi connectivity index (χ2n) is 5.66. The first-order chi connectivity index (χ1) is 11.0. The minimum absolute atomic E-state index is 0.105. The zero-order valence-electron chi connectivity index (χ0n) is 13.7. The molecule has 1 unspecified atom stereocenters. The second-order valence-corrected chi connectivity index (χ2v) is 5.66. The number of rotatable bonds is 6. The fourth-order valence-electron chi connectivity index (χ4n) is 2.68. The van der Waals surface area contributed by atoms with E-state index in [1.165, 1.54) is 19.5 Å². The van der Waals surface area contributed by atoms with E-state index < -0.39 is 6.10 Å². The van der Waals surface area contributed by atoms with Gasteiger partial charge in [0.15, 0.2) is 0 Å². The SMILES string of the molecule is CC(=O)OCC(CN1CCN(c2ccccc2)CC1)OC(C)=O. The lowest BCUT2D eigenvalue weighted by Gasteiger charge is -2.37. The number of para-hydroxylation sites is 1. The summed E-state index contributed by atoms with van der Waals surface area (Å²) in [6.07, 6.45) is -0.417. The van der Waals surface area contributed by atoms with E-state index in [4.69, 9.17) is 9.47 Å². The highest BCUT2D eigenvalue weighted by Crippen LogP contribution is 2.15. The van der Waals surface area contributed by atoms with Crippen molar-refractivity contribution in [2.45, 2.75) is 20.0 Å². The molecule has 2 rings (SSSR count). The summed E-state index contributed by atoms with van der Waals surface area (Å²) in [5.74, 6) is -0.721. The number of hydrogen-bond acceptors (Lipinski definition) is 6. The van der Waals surface area contributed by atoms with Crippen LogP contribution in [0, 0.1) is 0 Å². The summed E-state index contributed by atoms with van der Waals surface area (Å²) in [4.78, 5) is 26.7. The normalized spacial score (nSPS) is 16.7. The molecule has 0 radical (unpaired) electrons. The number of benzene rings is 1. The molecule has 0 aromatic heterocycles. The summed E-state index contributed by atoms with van der Waals surface area (Å²) in [7, 11) is 0. The Morgan fingerprint density at radius 1 is 1.04 bits per heavy atom. The highest BCUT2D eigenvalue weighted by molar-refractivity contribution is 5.67. The van der Waals surface area contributed by atoms with Gasteiger partial charge in [-0.1, -0.05) is 18.2 Å². The molecule has 1 aliphatic rings. The number of piperazine rings is 1. The van der Waals surface area contributed by atoms with Crippen molar-refractivity contribution in [1.82, 2.24) is 4.90 Å².